The molecule has 0 aliphatic rings. The Morgan fingerprint density at radius 3 is 2.57 bits per heavy atom. The number of aromatic nitrogens is 2. The summed E-state index contributed by atoms with van der Waals surface area (Å²) < 4.78 is 0. The molecule has 0 spiro atoms. The molecule has 0 unspecified atom stereocenters. The molecule has 14 heavy (non-hydrogen) atoms. The van der Waals surface area contributed by atoms with Crippen molar-refractivity contribution in [1.29, 1.82) is 0 Å². The first-order chi connectivity index (χ1) is 6.57. The number of H-pyrrole nitrogens is 1. The van der Waals surface area contributed by atoms with E-state index in [-0.39, 0.29) is 0 Å². The molecular weight excluding hydrogens is 172 g/mol. The maximum Gasteiger partial charge on any atom is 0.0565 e. The van der Waals surface area contributed by atoms with Crippen molar-refractivity contribution in [3.63, 3.8) is 0 Å². The van der Waals surface area contributed by atoms with E-state index in [4.69, 9.17) is 0 Å². The molecule has 2 nitrogen and oxygen atoms in total. The largest absolute Gasteiger partial charge is 0.282 e. The van der Waals surface area contributed by atoms with E-state index < -0.39 is 0 Å². The minimum Gasteiger partial charge on any atom is -0.282 e. The van der Waals surface area contributed by atoms with Crippen LogP contribution in [0.4, 0.5) is 0 Å². The van der Waals surface area contributed by atoms with Gasteiger partial charge in [0.1, 0.15) is 0 Å². The Labute approximate surface area is 85.7 Å². The lowest BCUT2D eigenvalue weighted by molar-refractivity contribution is 0.848. The van der Waals surface area contributed by atoms with Crippen molar-refractivity contribution in [2.24, 2.45) is 5.92 Å². The summed E-state index contributed by atoms with van der Waals surface area (Å²) in [5.41, 5.74) is 4.88. The molecule has 0 amide bonds. The van der Waals surface area contributed by atoms with E-state index in [0.717, 1.165) is 5.69 Å². The number of aryl methyl sites for hydroxylation is 1. The lowest BCUT2D eigenvalue weighted by Gasteiger charge is -2.13. The topological polar surface area (TPSA) is 28.7 Å². The van der Waals surface area contributed by atoms with Gasteiger partial charge in [-0.05, 0) is 30.9 Å². The number of aromatic amines is 1. The molecule has 76 valence electrons. The van der Waals surface area contributed by atoms with Gasteiger partial charge in [0.15, 0.2) is 0 Å². The van der Waals surface area contributed by atoms with Gasteiger partial charge in [0.2, 0.25) is 0 Å². The Balaban J connectivity index is 3.27. The van der Waals surface area contributed by atoms with E-state index in [1.54, 1.807) is 0 Å². The van der Waals surface area contributed by atoms with E-state index in [1.807, 2.05) is 19.2 Å². The quantitative estimate of drug-likeness (QED) is 0.728. The smallest absolute Gasteiger partial charge is 0.0565 e. The van der Waals surface area contributed by atoms with E-state index >= 15 is 0 Å². The van der Waals surface area contributed by atoms with Crippen LogP contribution >= 0.6 is 0 Å². The molecule has 0 saturated carbocycles. The van der Waals surface area contributed by atoms with Gasteiger partial charge in [-0.25, -0.2) is 0 Å². The SMILES string of the molecule is C=C/C(C)=C(\c1cn[nH]c1C)C(C)C. The number of hydrogen-bond acceptors (Lipinski definition) is 1. The van der Waals surface area contributed by atoms with Crippen molar-refractivity contribution >= 4 is 5.57 Å². The molecule has 0 bridgehead atoms. The third-order valence-corrected chi connectivity index (χ3v) is 2.43. The standard InChI is InChI=1S/C12H18N2/c1-6-9(4)12(8(2)3)11-7-13-14-10(11)5/h6-8H,1H2,2-5H3,(H,13,14)/b12-9-. The average Bonchev–Trinajstić information content (AvgIpc) is 2.52. The van der Waals surface area contributed by atoms with Gasteiger partial charge in [0.25, 0.3) is 0 Å². The normalized spacial score (nSPS) is 12.9. The van der Waals surface area contributed by atoms with Gasteiger partial charge in [-0.1, -0.05) is 26.5 Å². The highest BCUT2D eigenvalue weighted by Gasteiger charge is 2.12. The van der Waals surface area contributed by atoms with Crippen LogP contribution in [0.1, 0.15) is 32.0 Å². The molecule has 1 aromatic heterocycles. The molecule has 0 radical (unpaired) electrons. The number of allylic oxidation sites excluding steroid dienone is 3. The van der Waals surface area contributed by atoms with Crippen LogP contribution in [0.15, 0.2) is 24.4 Å². The van der Waals surface area contributed by atoms with E-state index in [0.29, 0.717) is 5.92 Å². The maximum absolute atomic E-state index is 4.05. The molecule has 0 atom stereocenters. The van der Waals surface area contributed by atoms with Crippen molar-refractivity contribution in [3.05, 3.63) is 35.7 Å². The number of hydrogen-bond donors (Lipinski definition) is 1. The van der Waals surface area contributed by atoms with Gasteiger partial charge in [-0.2, -0.15) is 5.10 Å². The second-order valence-electron chi connectivity index (χ2n) is 3.86. The highest BCUT2D eigenvalue weighted by molar-refractivity contribution is 5.72. The second kappa shape index (κ2) is 4.27. The fraction of sp³-hybridized carbons (Fsp3) is 0.417. The predicted molar refractivity (Wildman–Crippen MR) is 61.0 cm³/mol. The summed E-state index contributed by atoms with van der Waals surface area (Å²) in [6, 6.07) is 0. The van der Waals surface area contributed by atoms with Crippen molar-refractivity contribution in [3.8, 4) is 0 Å². The lowest BCUT2D eigenvalue weighted by atomic mass is 9.91. The Morgan fingerprint density at radius 1 is 1.57 bits per heavy atom. The highest BCUT2D eigenvalue weighted by atomic mass is 15.1. The molecule has 0 aromatic carbocycles. The molecule has 0 aliphatic carbocycles. The van der Waals surface area contributed by atoms with Gasteiger partial charge in [0, 0.05) is 11.3 Å². The summed E-state index contributed by atoms with van der Waals surface area (Å²) in [5.74, 6) is 0.490. The molecule has 1 N–H and O–H groups in total. The summed E-state index contributed by atoms with van der Waals surface area (Å²) in [7, 11) is 0. The Bertz CT molecular complexity index is 356. The van der Waals surface area contributed by atoms with Gasteiger partial charge in [0.05, 0.1) is 6.20 Å². The summed E-state index contributed by atoms with van der Waals surface area (Å²) >= 11 is 0. The van der Waals surface area contributed by atoms with Crippen LogP contribution in [0, 0.1) is 12.8 Å². The third kappa shape index (κ3) is 1.95. The van der Waals surface area contributed by atoms with E-state index in [2.05, 4.69) is 37.5 Å². The van der Waals surface area contributed by atoms with Gasteiger partial charge in [-0.15, -0.1) is 0 Å². The Morgan fingerprint density at radius 2 is 2.21 bits per heavy atom. The van der Waals surface area contributed by atoms with Crippen LogP contribution in [0.25, 0.3) is 5.57 Å². The molecule has 1 heterocycles. The summed E-state index contributed by atoms with van der Waals surface area (Å²) in [6.45, 7) is 12.3. The van der Waals surface area contributed by atoms with Crippen molar-refractivity contribution in [2.45, 2.75) is 27.7 Å². The molecule has 2 heteroatoms. The van der Waals surface area contributed by atoms with Crippen LogP contribution in [-0.4, -0.2) is 10.2 Å². The van der Waals surface area contributed by atoms with Gasteiger partial charge >= 0.3 is 0 Å². The molecular formula is C12H18N2. The van der Waals surface area contributed by atoms with Crippen LogP contribution in [0.3, 0.4) is 0 Å². The van der Waals surface area contributed by atoms with Crippen molar-refractivity contribution in [2.75, 3.05) is 0 Å². The van der Waals surface area contributed by atoms with Gasteiger partial charge in [-0.3, -0.25) is 5.10 Å². The Kier molecular flexibility index (Phi) is 3.28. The van der Waals surface area contributed by atoms with Crippen molar-refractivity contribution in [1.82, 2.24) is 10.2 Å². The first-order valence-electron chi connectivity index (χ1n) is 4.91. The van der Waals surface area contributed by atoms with E-state index in [1.165, 1.54) is 16.7 Å². The molecule has 0 aliphatic heterocycles. The van der Waals surface area contributed by atoms with Crippen LogP contribution in [0.2, 0.25) is 0 Å². The summed E-state index contributed by atoms with van der Waals surface area (Å²) in [5, 5.41) is 7.01. The first kappa shape index (κ1) is 10.8. The molecule has 0 saturated heterocycles. The molecule has 0 fully saturated rings. The average molecular weight is 190 g/mol. The van der Waals surface area contributed by atoms with Crippen LogP contribution < -0.4 is 0 Å². The van der Waals surface area contributed by atoms with Crippen molar-refractivity contribution < 1.29 is 0 Å². The zero-order valence-electron chi connectivity index (χ0n) is 9.39. The van der Waals surface area contributed by atoms with Crippen LogP contribution in [0.5, 0.6) is 0 Å². The fourth-order valence-corrected chi connectivity index (χ4v) is 1.71. The zero-order valence-corrected chi connectivity index (χ0v) is 9.39. The first-order valence-corrected chi connectivity index (χ1v) is 4.91. The second-order valence-corrected chi connectivity index (χ2v) is 3.86. The molecule has 1 aromatic rings. The minimum atomic E-state index is 0.490. The summed E-state index contributed by atoms with van der Waals surface area (Å²) in [4.78, 5) is 0. The van der Waals surface area contributed by atoms with Gasteiger partial charge < -0.3 is 0 Å². The third-order valence-electron chi connectivity index (χ3n) is 2.43. The number of nitrogens with zero attached hydrogens (tertiary/aromatic N) is 1. The van der Waals surface area contributed by atoms with Crippen LogP contribution in [-0.2, 0) is 0 Å². The van der Waals surface area contributed by atoms with E-state index in [9.17, 15) is 0 Å². The fourth-order valence-electron chi connectivity index (χ4n) is 1.71. The predicted octanol–water partition coefficient (Wildman–Crippen LogP) is 3.33. The minimum absolute atomic E-state index is 0.490. The molecule has 1 rings (SSSR count). The number of rotatable bonds is 3. The maximum atomic E-state index is 4.05. The summed E-state index contributed by atoms with van der Waals surface area (Å²) in [6.07, 6.45) is 3.79. The highest BCUT2D eigenvalue weighted by Crippen LogP contribution is 2.28. The zero-order chi connectivity index (χ0) is 10.7. The number of nitrogens with one attached hydrogen (secondary N) is 1. The lowest BCUT2D eigenvalue weighted by Crippen LogP contribution is -1.97. The Hall–Kier alpha value is -1.31. The monoisotopic (exact) mass is 190 g/mol.